The normalized spacial score (nSPS) is 10.7. The first-order chi connectivity index (χ1) is 8.19. The first-order valence-corrected chi connectivity index (χ1v) is 7.57. The van der Waals surface area contributed by atoms with E-state index >= 15 is 0 Å². The van der Waals surface area contributed by atoms with Gasteiger partial charge in [-0.15, -0.1) is 11.3 Å². The molecule has 0 aliphatic heterocycles. The standard InChI is InChI=1S/C13H15IN2S/c1-2-4-11-12(17-13(15)16-11)8-9-5-3-6-10(14)7-9/h3,5-7H,2,4,8H2,1H3,(H2,15,16). The van der Waals surface area contributed by atoms with Gasteiger partial charge < -0.3 is 5.73 Å². The van der Waals surface area contributed by atoms with Crippen LogP contribution < -0.4 is 5.73 Å². The third kappa shape index (κ3) is 3.42. The van der Waals surface area contributed by atoms with E-state index in [2.05, 4.69) is 58.8 Å². The molecule has 2 N–H and O–H groups in total. The fraction of sp³-hybridized carbons (Fsp3) is 0.308. The van der Waals surface area contributed by atoms with Gasteiger partial charge in [0.2, 0.25) is 0 Å². The summed E-state index contributed by atoms with van der Waals surface area (Å²) in [6.07, 6.45) is 3.08. The number of aromatic nitrogens is 1. The Morgan fingerprint density at radius 2 is 2.24 bits per heavy atom. The van der Waals surface area contributed by atoms with Crippen LogP contribution >= 0.6 is 33.9 Å². The predicted octanol–water partition coefficient (Wildman–Crippen LogP) is 3.87. The molecule has 0 amide bonds. The molecule has 0 fully saturated rings. The topological polar surface area (TPSA) is 38.9 Å². The van der Waals surface area contributed by atoms with Gasteiger partial charge in [-0.2, -0.15) is 0 Å². The van der Waals surface area contributed by atoms with Crippen LogP contribution in [0.4, 0.5) is 5.13 Å². The van der Waals surface area contributed by atoms with Crippen LogP contribution in [0, 0.1) is 3.57 Å². The summed E-state index contributed by atoms with van der Waals surface area (Å²) in [6, 6.07) is 8.58. The third-order valence-corrected chi connectivity index (χ3v) is 4.13. The van der Waals surface area contributed by atoms with Crippen molar-refractivity contribution in [2.45, 2.75) is 26.2 Å². The van der Waals surface area contributed by atoms with Crippen LogP contribution in [0.3, 0.4) is 0 Å². The van der Waals surface area contributed by atoms with Crippen molar-refractivity contribution in [2.24, 2.45) is 0 Å². The molecule has 90 valence electrons. The van der Waals surface area contributed by atoms with Crippen LogP contribution in [0.25, 0.3) is 0 Å². The number of hydrogen-bond donors (Lipinski definition) is 1. The van der Waals surface area contributed by atoms with Crippen LogP contribution in [-0.4, -0.2) is 4.98 Å². The van der Waals surface area contributed by atoms with Crippen LogP contribution in [0.1, 0.15) is 29.5 Å². The fourth-order valence-electron chi connectivity index (χ4n) is 1.81. The second kappa shape index (κ2) is 5.82. The largest absolute Gasteiger partial charge is 0.375 e. The van der Waals surface area contributed by atoms with Crippen molar-refractivity contribution < 1.29 is 0 Å². The maximum absolute atomic E-state index is 5.80. The smallest absolute Gasteiger partial charge is 0.180 e. The van der Waals surface area contributed by atoms with Crippen molar-refractivity contribution >= 4 is 39.1 Å². The van der Waals surface area contributed by atoms with E-state index in [1.165, 1.54) is 19.7 Å². The Hall–Kier alpha value is -0.620. The van der Waals surface area contributed by atoms with Crippen molar-refractivity contribution in [1.82, 2.24) is 4.98 Å². The summed E-state index contributed by atoms with van der Waals surface area (Å²) < 4.78 is 1.27. The molecule has 0 aliphatic rings. The molecule has 0 spiro atoms. The summed E-state index contributed by atoms with van der Waals surface area (Å²) in [5.74, 6) is 0. The quantitative estimate of drug-likeness (QED) is 0.843. The minimum absolute atomic E-state index is 0.689. The summed E-state index contributed by atoms with van der Waals surface area (Å²) in [4.78, 5) is 5.72. The molecular formula is C13H15IN2S. The molecule has 1 heterocycles. The van der Waals surface area contributed by atoms with Gasteiger partial charge in [-0.3, -0.25) is 0 Å². The Kier molecular flexibility index (Phi) is 4.39. The minimum Gasteiger partial charge on any atom is -0.375 e. The SMILES string of the molecule is CCCc1nc(N)sc1Cc1cccc(I)c1. The lowest BCUT2D eigenvalue weighted by Gasteiger charge is -2.02. The lowest BCUT2D eigenvalue weighted by Crippen LogP contribution is -1.93. The summed E-state index contributed by atoms with van der Waals surface area (Å²) in [6.45, 7) is 2.17. The molecule has 2 rings (SSSR count). The molecule has 0 aliphatic carbocycles. The summed E-state index contributed by atoms with van der Waals surface area (Å²) in [7, 11) is 0. The second-order valence-corrected chi connectivity index (χ2v) is 6.34. The van der Waals surface area contributed by atoms with Gasteiger partial charge in [-0.05, 0) is 46.7 Å². The summed E-state index contributed by atoms with van der Waals surface area (Å²) in [5.41, 5.74) is 8.31. The highest BCUT2D eigenvalue weighted by atomic mass is 127. The van der Waals surface area contributed by atoms with Gasteiger partial charge in [-0.25, -0.2) is 4.98 Å². The van der Waals surface area contributed by atoms with Crippen molar-refractivity contribution in [3.8, 4) is 0 Å². The van der Waals surface area contributed by atoms with Crippen LogP contribution in [0.5, 0.6) is 0 Å². The number of nitrogens with two attached hydrogens (primary N) is 1. The fourth-order valence-corrected chi connectivity index (χ4v) is 3.33. The van der Waals surface area contributed by atoms with Gasteiger partial charge in [0.05, 0.1) is 5.69 Å². The Morgan fingerprint density at radius 3 is 2.94 bits per heavy atom. The van der Waals surface area contributed by atoms with Gasteiger partial charge in [-0.1, -0.05) is 25.5 Å². The van der Waals surface area contributed by atoms with E-state index in [1.54, 1.807) is 11.3 Å². The molecule has 0 saturated carbocycles. The van der Waals surface area contributed by atoms with Gasteiger partial charge in [0.25, 0.3) is 0 Å². The van der Waals surface area contributed by atoms with Crippen molar-refractivity contribution in [3.05, 3.63) is 44.0 Å². The lowest BCUT2D eigenvalue weighted by atomic mass is 10.1. The zero-order chi connectivity index (χ0) is 12.3. The van der Waals surface area contributed by atoms with Gasteiger partial charge in [0.1, 0.15) is 0 Å². The van der Waals surface area contributed by atoms with Crippen LogP contribution in [-0.2, 0) is 12.8 Å². The van der Waals surface area contributed by atoms with Crippen molar-refractivity contribution in [2.75, 3.05) is 5.73 Å². The zero-order valence-corrected chi connectivity index (χ0v) is 12.7. The maximum Gasteiger partial charge on any atom is 0.180 e. The molecule has 2 nitrogen and oxygen atoms in total. The first-order valence-electron chi connectivity index (χ1n) is 5.67. The maximum atomic E-state index is 5.80. The Bertz CT molecular complexity index is 508. The van der Waals surface area contributed by atoms with Crippen LogP contribution in [0.15, 0.2) is 24.3 Å². The van der Waals surface area contributed by atoms with E-state index in [4.69, 9.17) is 5.73 Å². The van der Waals surface area contributed by atoms with Gasteiger partial charge in [0.15, 0.2) is 5.13 Å². The number of hydrogen-bond acceptors (Lipinski definition) is 3. The van der Waals surface area contributed by atoms with E-state index < -0.39 is 0 Å². The van der Waals surface area contributed by atoms with Gasteiger partial charge >= 0.3 is 0 Å². The third-order valence-electron chi connectivity index (χ3n) is 2.54. The average molecular weight is 358 g/mol. The molecule has 0 saturated heterocycles. The van der Waals surface area contributed by atoms with E-state index in [0.29, 0.717) is 5.13 Å². The lowest BCUT2D eigenvalue weighted by molar-refractivity contribution is 0.879. The number of nitrogens with zero attached hydrogens (tertiary/aromatic N) is 1. The highest BCUT2D eigenvalue weighted by Gasteiger charge is 2.09. The molecule has 1 aromatic carbocycles. The molecule has 0 bridgehead atoms. The molecule has 0 atom stereocenters. The highest BCUT2D eigenvalue weighted by molar-refractivity contribution is 14.1. The number of nitrogen functional groups attached to an aromatic ring is 1. The Morgan fingerprint density at radius 1 is 1.41 bits per heavy atom. The zero-order valence-electron chi connectivity index (χ0n) is 9.74. The van der Waals surface area contributed by atoms with E-state index in [9.17, 15) is 0 Å². The number of aryl methyl sites for hydroxylation is 1. The van der Waals surface area contributed by atoms with Crippen LogP contribution in [0.2, 0.25) is 0 Å². The Balaban J connectivity index is 2.23. The molecule has 1 aromatic heterocycles. The molecule has 4 heteroatoms. The van der Waals surface area contributed by atoms with Crippen molar-refractivity contribution in [1.29, 1.82) is 0 Å². The van der Waals surface area contributed by atoms with Gasteiger partial charge in [0, 0.05) is 14.9 Å². The molecule has 0 unspecified atom stereocenters. The molecular weight excluding hydrogens is 343 g/mol. The first kappa shape index (κ1) is 12.8. The number of rotatable bonds is 4. The number of benzene rings is 1. The molecule has 2 aromatic rings. The highest BCUT2D eigenvalue weighted by Crippen LogP contribution is 2.25. The number of anilines is 1. The van der Waals surface area contributed by atoms with E-state index in [-0.39, 0.29) is 0 Å². The van der Waals surface area contributed by atoms with E-state index in [0.717, 1.165) is 19.3 Å². The predicted molar refractivity (Wildman–Crippen MR) is 82.5 cm³/mol. The summed E-state index contributed by atoms with van der Waals surface area (Å²) in [5, 5.41) is 0.689. The van der Waals surface area contributed by atoms with E-state index in [1.807, 2.05) is 0 Å². The number of halogens is 1. The Labute approximate surface area is 119 Å². The minimum atomic E-state index is 0.689. The molecule has 0 radical (unpaired) electrons. The number of thiazole rings is 1. The summed E-state index contributed by atoms with van der Waals surface area (Å²) >= 11 is 3.96. The average Bonchev–Trinajstić information content (AvgIpc) is 2.59. The molecule has 17 heavy (non-hydrogen) atoms. The monoisotopic (exact) mass is 358 g/mol. The second-order valence-electron chi connectivity index (χ2n) is 3.98. The van der Waals surface area contributed by atoms with Crippen molar-refractivity contribution in [3.63, 3.8) is 0 Å².